The van der Waals surface area contributed by atoms with Gasteiger partial charge in [0.25, 0.3) is 0 Å². The van der Waals surface area contributed by atoms with Gasteiger partial charge >= 0.3 is 0 Å². The molecule has 0 bridgehead atoms. The Hall–Kier alpha value is -1.71. The highest BCUT2D eigenvalue weighted by molar-refractivity contribution is 6.32. The fourth-order valence-corrected chi connectivity index (χ4v) is 2.44. The molecule has 0 atom stereocenters. The van der Waals surface area contributed by atoms with E-state index < -0.39 is 0 Å². The van der Waals surface area contributed by atoms with Crippen LogP contribution in [0.1, 0.15) is 11.1 Å². The molecular formula is C18H22ClNO2. The lowest BCUT2D eigenvalue weighted by atomic mass is 10.1. The van der Waals surface area contributed by atoms with E-state index in [1.54, 1.807) is 14.2 Å². The van der Waals surface area contributed by atoms with Crippen molar-refractivity contribution < 1.29 is 9.47 Å². The second-order valence-corrected chi connectivity index (χ2v) is 5.47. The SMILES string of the molecule is COc1ccc(CCNCCc2ccc(Cl)c(OC)c2)cc1. The van der Waals surface area contributed by atoms with Gasteiger partial charge in [-0.1, -0.05) is 29.8 Å². The van der Waals surface area contributed by atoms with Gasteiger partial charge in [0.15, 0.2) is 0 Å². The number of hydrogen-bond acceptors (Lipinski definition) is 3. The van der Waals surface area contributed by atoms with Crippen molar-refractivity contribution in [2.45, 2.75) is 12.8 Å². The van der Waals surface area contributed by atoms with Gasteiger partial charge in [0, 0.05) is 0 Å². The molecule has 2 rings (SSSR count). The largest absolute Gasteiger partial charge is 0.497 e. The zero-order valence-corrected chi connectivity index (χ0v) is 13.8. The molecule has 0 amide bonds. The van der Waals surface area contributed by atoms with Gasteiger partial charge in [0.05, 0.1) is 19.2 Å². The summed E-state index contributed by atoms with van der Waals surface area (Å²) in [6, 6.07) is 14.1. The summed E-state index contributed by atoms with van der Waals surface area (Å²) in [6.07, 6.45) is 1.96. The normalized spacial score (nSPS) is 10.5. The predicted molar refractivity (Wildman–Crippen MR) is 91.3 cm³/mol. The lowest BCUT2D eigenvalue weighted by Gasteiger charge is -2.08. The molecule has 1 N–H and O–H groups in total. The first kappa shape index (κ1) is 16.7. The maximum Gasteiger partial charge on any atom is 0.137 e. The third-order valence-corrected chi connectivity index (χ3v) is 3.87. The van der Waals surface area contributed by atoms with E-state index in [4.69, 9.17) is 21.1 Å². The van der Waals surface area contributed by atoms with Crippen LogP contribution < -0.4 is 14.8 Å². The Morgan fingerprint density at radius 2 is 1.50 bits per heavy atom. The van der Waals surface area contributed by atoms with E-state index in [1.807, 2.05) is 30.3 Å². The molecule has 3 nitrogen and oxygen atoms in total. The summed E-state index contributed by atoms with van der Waals surface area (Å²) in [7, 11) is 3.32. The fourth-order valence-electron chi connectivity index (χ4n) is 2.24. The van der Waals surface area contributed by atoms with Crippen LogP contribution in [-0.2, 0) is 12.8 Å². The highest BCUT2D eigenvalue weighted by Crippen LogP contribution is 2.25. The topological polar surface area (TPSA) is 30.5 Å². The fraction of sp³-hybridized carbons (Fsp3) is 0.333. The monoisotopic (exact) mass is 319 g/mol. The molecule has 2 aromatic carbocycles. The lowest BCUT2D eigenvalue weighted by Crippen LogP contribution is -2.20. The van der Waals surface area contributed by atoms with Crippen molar-refractivity contribution in [1.29, 1.82) is 0 Å². The van der Waals surface area contributed by atoms with Crippen LogP contribution in [0, 0.1) is 0 Å². The van der Waals surface area contributed by atoms with Crippen molar-refractivity contribution in [3.63, 3.8) is 0 Å². The molecule has 0 aromatic heterocycles. The Balaban J connectivity index is 1.70. The summed E-state index contributed by atoms with van der Waals surface area (Å²) in [5.74, 6) is 1.63. The van der Waals surface area contributed by atoms with Crippen molar-refractivity contribution in [2.24, 2.45) is 0 Å². The van der Waals surface area contributed by atoms with Crippen molar-refractivity contribution in [3.05, 3.63) is 58.6 Å². The zero-order chi connectivity index (χ0) is 15.8. The number of halogens is 1. The van der Waals surface area contributed by atoms with E-state index in [2.05, 4.69) is 17.4 Å². The number of methoxy groups -OCH3 is 2. The van der Waals surface area contributed by atoms with E-state index >= 15 is 0 Å². The third-order valence-electron chi connectivity index (χ3n) is 3.56. The van der Waals surface area contributed by atoms with Crippen LogP contribution in [0.15, 0.2) is 42.5 Å². The van der Waals surface area contributed by atoms with Crippen molar-refractivity contribution in [2.75, 3.05) is 27.3 Å². The third kappa shape index (κ3) is 4.93. The molecule has 0 spiro atoms. The Labute approximate surface area is 137 Å². The summed E-state index contributed by atoms with van der Waals surface area (Å²) < 4.78 is 10.4. The van der Waals surface area contributed by atoms with Crippen LogP contribution >= 0.6 is 11.6 Å². The molecule has 0 unspecified atom stereocenters. The minimum atomic E-state index is 0.652. The van der Waals surface area contributed by atoms with E-state index in [9.17, 15) is 0 Å². The quantitative estimate of drug-likeness (QED) is 0.752. The van der Waals surface area contributed by atoms with Crippen molar-refractivity contribution in [1.82, 2.24) is 5.32 Å². The van der Waals surface area contributed by atoms with Gasteiger partial charge in [-0.05, 0) is 61.3 Å². The van der Waals surface area contributed by atoms with E-state index in [1.165, 1.54) is 11.1 Å². The first-order valence-corrected chi connectivity index (χ1v) is 7.77. The molecule has 22 heavy (non-hydrogen) atoms. The minimum absolute atomic E-state index is 0.652. The number of benzene rings is 2. The first-order chi connectivity index (χ1) is 10.7. The van der Waals surface area contributed by atoms with Gasteiger partial charge in [-0.15, -0.1) is 0 Å². The summed E-state index contributed by atoms with van der Waals surface area (Å²) in [5, 5.41) is 4.11. The Morgan fingerprint density at radius 1 is 0.864 bits per heavy atom. The standard InChI is InChI=1S/C18H22ClNO2/c1-21-16-6-3-14(4-7-16)9-11-20-12-10-15-5-8-17(19)18(13-15)22-2/h3-8,13,20H,9-12H2,1-2H3. The molecule has 0 aliphatic rings. The van der Waals surface area contributed by atoms with Gasteiger partial charge in [-0.2, -0.15) is 0 Å². The molecule has 2 aromatic rings. The molecule has 0 radical (unpaired) electrons. The molecule has 0 aliphatic carbocycles. The molecule has 0 saturated carbocycles. The maximum absolute atomic E-state index is 6.02. The van der Waals surface area contributed by atoms with Crippen LogP contribution in [0.3, 0.4) is 0 Å². The van der Waals surface area contributed by atoms with Crippen molar-refractivity contribution in [3.8, 4) is 11.5 Å². The second kappa shape index (κ2) is 8.66. The second-order valence-electron chi connectivity index (χ2n) is 5.07. The Morgan fingerprint density at radius 3 is 2.14 bits per heavy atom. The summed E-state index contributed by atoms with van der Waals surface area (Å²) in [4.78, 5) is 0. The van der Waals surface area contributed by atoms with Gasteiger partial charge in [0.1, 0.15) is 11.5 Å². The number of nitrogens with one attached hydrogen (secondary N) is 1. The Kier molecular flexibility index (Phi) is 6.56. The summed E-state index contributed by atoms with van der Waals surface area (Å²) >= 11 is 6.02. The predicted octanol–water partition coefficient (Wildman–Crippen LogP) is 3.73. The molecule has 0 saturated heterocycles. The zero-order valence-electron chi connectivity index (χ0n) is 13.1. The minimum Gasteiger partial charge on any atom is -0.497 e. The first-order valence-electron chi connectivity index (χ1n) is 7.39. The highest BCUT2D eigenvalue weighted by Gasteiger charge is 2.02. The van der Waals surface area contributed by atoms with E-state index in [0.717, 1.165) is 37.4 Å². The van der Waals surface area contributed by atoms with Gasteiger partial charge < -0.3 is 14.8 Å². The summed E-state index contributed by atoms with van der Waals surface area (Å²) in [6.45, 7) is 1.89. The Bertz CT molecular complexity index is 584. The number of hydrogen-bond donors (Lipinski definition) is 1. The molecule has 4 heteroatoms. The number of ether oxygens (including phenoxy) is 2. The summed E-state index contributed by atoms with van der Waals surface area (Å²) in [5.41, 5.74) is 2.53. The van der Waals surface area contributed by atoms with Gasteiger partial charge in [-0.3, -0.25) is 0 Å². The average Bonchev–Trinajstić information content (AvgIpc) is 2.56. The van der Waals surface area contributed by atoms with Crippen LogP contribution in [-0.4, -0.2) is 27.3 Å². The molecule has 0 fully saturated rings. The van der Waals surface area contributed by atoms with Crippen LogP contribution in [0.25, 0.3) is 0 Å². The lowest BCUT2D eigenvalue weighted by molar-refractivity contribution is 0.414. The van der Waals surface area contributed by atoms with Gasteiger partial charge in [-0.25, -0.2) is 0 Å². The highest BCUT2D eigenvalue weighted by atomic mass is 35.5. The maximum atomic E-state index is 6.02. The van der Waals surface area contributed by atoms with Crippen LogP contribution in [0.4, 0.5) is 0 Å². The molecule has 118 valence electrons. The molecule has 0 aliphatic heterocycles. The molecule has 0 heterocycles. The average molecular weight is 320 g/mol. The molecular weight excluding hydrogens is 298 g/mol. The van der Waals surface area contributed by atoms with E-state index in [-0.39, 0.29) is 0 Å². The van der Waals surface area contributed by atoms with Crippen LogP contribution in [0.2, 0.25) is 5.02 Å². The van der Waals surface area contributed by atoms with Crippen LogP contribution in [0.5, 0.6) is 11.5 Å². The van der Waals surface area contributed by atoms with E-state index in [0.29, 0.717) is 5.02 Å². The smallest absolute Gasteiger partial charge is 0.137 e. The van der Waals surface area contributed by atoms with Crippen molar-refractivity contribution >= 4 is 11.6 Å². The number of rotatable bonds is 8. The van der Waals surface area contributed by atoms with Gasteiger partial charge in [0.2, 0.25) is 0 Å².